The molecule has 1 aliphatic rings. The van der Waals surface area contributed by atoms with Crippen molar-refractivity contribution < 1.29 is 19.5 Å². The van der Waals surface area contributed by atoms with E-state index in [1.54, 1.807) is 6.92 Å². The number of carbonyl (C=O) groups is 3. The van der Waals surface area contributed by atoms with Crippen LogP contribution in [0.15, 0.2) is 36.4 Å². The smallest absolute Gasteiger partial charge is 0.245 e. The van der Waals surface area contributed by atoms with E-state index in [-0.39, 0.29) is 30.7 Å². The van der Waals surface area contributed by atoms with Crippen molar-refractivity contribution in [1.82, 2.24) is 15.5 Å². The third-order valence-corrected chi connectivity index (χ3v) is 4.16. The van der Waals surface area contributed by atoms with Crippen molar-refractivity contribution in [3.05, 3.63) is 42.0 Å². The molecular weight excluding hydrogens is 334 g/mol. The molecule has 7 nitrogen and oxygen atoms in total. The lowest BCUT2D eigenvalue weighted by atomic mass is 10.1. The molecule has 0 radical (unpaired) electrons. The molecule has 1 heterocycles. The van der Waals surface area contributed by atoms with Gasteiger partial charge in [0.05, 0.1) is 6.10 Å². The minimum atomic E-state index is -0.751. The average molecular weight is 359 g/mol. The van der Waals surface area contributed by atoms with Crippen LogP contribution in [0.3, 0.4) is 0 Å². The molecule has 1 saturated heterocycles. The van der Waals surface area contributed by atoms with Crippen molar-refractivity contribution in [3.63, 3.8) is 0 Å². The van der Waals surface area contributed by atoms with Crippen LogP contribution in [0.2, 0.25) is 0 Å². The van der Waals surface area contributed by atoms with Crippen LogP contribution >= 0.6 is 0 Å². The lowest BCUT2D eigenvalue weighted by Crippen LogP contribution is -2.52. The molecule has 1 aromatic carbocycles. The molecule has 0 aromatic heterocycles. The molecule has 3 amide bonds. The fraction of sp³-hybridized carbons (Fsp3) is 0.421. The summed E-state index contributed by atoms with van der Waals surface area (Å²) in [6, 6.07) is 8.21. The summed E-state index contributed by atoms with van der Waals surface area (Å²) in [7, 11) is 0. The summed E-state index contributed by atoms with van der Waals surface area (Å²) in [4.78, 5) is 37.3. The maximum atomic E-state index is 12.5. The maximum absolute atomic E-state index is 12.5. The maximum Gasteiger partial charge on any atom is 0.245 e. The van der Waals surface area contributed by atoms with Gasteiger partial charge in [-0.1, -0.05) is 42.5 Å². The SMILES string of the molecule is CC(=O)N[C@@H](C)C(=O)N1C[C@H](O)C[C@H]1C(=O)NC/C=C/c1ccccc1. The van der Waals surface area contributed by atoms with Gasteiger partial charge in [0, 0.05) is 26.4 Å². The second-order valence-corrected chi connectivity index (χ2v) is 6.38. The van der Waals surface area contributed by atoms with Gasteiger partial charge in [0.15, 0.2) is 0 Å². The molecule has 1 aromatic rings. The highest BCUT2D eigenvalue weighted by Gasteiger charge is 2.40. The molecule has 1 fully saturated rings. The molecular formula is C19H25N3O4. The zero-order valence-corrected chi connectivity index (χ0v) is 15.0. The number of likely N-dealkylation sites (tertiary alicyclic amines) is 1. The molecule has 3 atom stereocenters. The molecule has 3 N–H and O–H groups in total. The van der Waals surface area contributed by atoms with Crippen molar-refractivity contribution in [1.29, 1.82) is 0 Å². The first-order valence-electron chi connectivity index (χ1n) is 8.63. The molecule has 7 heteroatoms. The van der Waals surface area contributed by atoms with E-state index in [9.17, 15) is 19.5 Å². The third-order valence-electron chi connectivity index (χ3n) is 4.16. The van der Waals surface area contributed by atoms with Crippen LogP contribution in [0.5, 0.6) is 0 Å². The number of aliphatic hydroxyl groups is 1. The van der Waals surface area contributed by atoms with Gasteiger partial charge < -0.3 is 20.6 Å². The highest BCUT2D eigenvalue weighted by molar-refractivity contribution is 5.92. The molecule has 2 rings (SSSR count). The van der Waals surface area contributed by atoms with Crippen molar-refractivity contribution in [2.75, 3.05) is 13.1 Å². The first-order valence-corrected chi connectivity index (χ1v) is 8.63. The van der Waals surface area contributed by atoms with E-state index in [4.69, 9.17) is 0 Å². The van der Waals surface area contributed by atoms with Crippen molar-refractivity contribution in [3.8, 4) is 0 Å². The van der Waals surface area contributed by atoms with Gasteiger partial charge in [-0.25, -0.2) is 0 Å². The van der Waals surface area contributed by atoms with Crippen LogP contribution in [0, 0.1) is 0 Å². The molecule has 0 aliphatic carbocycles. The number of hydrogen-bond acceptors (Lipinski definition) is 4. The molecule has 0 spiro atoms. The fourth-order valence-electron chi connectivity index (χ4n) is 2.96. The van der Waals surface area contributed by atoms with Crippen LogP contribution < -0.4 is 10.6 Å². The quantitative estimate of drug-likeness (QED) is 0.680. The predicted molar refractivity (Wildman–Crippen MR) is 97.9 cm³/mol. The summed E-state index contributed by atoms with van der Waals surface area (Å²) in [6.07, 6.45) is 3.15. The number of aliphatic hydroxyl groups excluding tert-OH is 1. The first kappa shape index (κ1) is 19.7. The number of β-amino-alcohol motifs (C(OH)–C–C–N with tert-alkyl or cyclic N) is 1. The average Bonchev–Trinajstić information content (AvgIpc) is 3.00. The Labute approximate surface area is 153 Å². The summed E-state index contributed by atoms with van der Waals surface area (Å²) < 4.78 is 0. The van der Waals surface area contributed by atoms with Gasteiger partial charge in [0.2, 0.25) is 17.7 Å². The molecule has 26 heavy (non-hydrogen) atoms. The standard InChI is InChI=1S/C19H25N3O4/c1-13(21-14(2)23)19(26)22-12-16(24)11-17(22)18(25)20-10-6-9-15-7-4-3-5-8-15/h3-9,13,16-17,24H,10-12H2,1-2H3,(H,20,25)(H,21,23)/b9-6+/t13-,16+,17-/m0/s1. The molecule has 140 valence electrons. The summed E-state index contributed by atoms with van der Waals surface area (Å²) in [5, 5.41) is 15.1. The Bertz CT molecular complexity index is 675. The highest BCUT2D eigenvalue weighted by Crippen LogP contribution is 2.19. The molecule has 1 aliphatic heterocycles. The second kappa shape index (κ2) is 9.15. The Morgan fingerprint density at radius 3 is 2.65 bits per heavy atom. The number of carbonyl (C=O) groups excluding carboxylic acids is 3. The molecule has 0 unspecified atom stereocenters. The monoisotopic (exact) mass is 359 g/mol. The van der Waals surface area contributed by atoms with Gasteiger partial charge in [-0.2, -0.15) is 0 Å². The van der Waals surface area contributed by atoms with E-state index >= 15 is 0 Å². The topological polar surface area (TPSA) is 98.7 Å². The van der Waals surface area contributed by atoms with Crippen LogP contribution in [0.1, 0.15) is 25.8 Å². The van der Waals surface area contributed by atoms with E-state index in [0.29, 0.717) is 6.54 Å². The van der Waals surface area contributed by atoms with Crippen LogP contribution in [0.4, 0.5) is 0 Å². The summed E-state index contributed by atoms with van der Waals surface area (Å²) in [5.41, 5.74) is 1.03. The Morgan fingerprint density at radius 1 is 1.31 bits per heavy atom. The minimum Gasteiger partial charge on any atom is -0.391 e. The number of hydrogen-bond donors (Lipinski definition) is 3. The van der Waals surface area contributed by atoms with Crippen LogP contribution in [0.25, 0.3) is 6.08 Å². The summed E-state index contributed by atoms with van der Waals surface area (Å²) in [5.74, 6) is -1.02. The second-order valence-electron chi connectivity index (χ2n) is 6.38. The zero-order chi connectivity index (χ0) is 19.1. The summed E-state index contributed by atoms with van der Waals surface area (Å²) in [6.45, 7) is 3.29. The lowest BCUT2D eigenvalue weighted by Gasteiger charge is -2.26. The van der Waals surface area contributed by atoms with Gasteiger partial charge in [0.1, 0.15) is 12.1 Å². The first-order chi connectivity index (χ1) is 12.4. The van der Waals surface area contributed by atoms with Crippen molar-refractivity contribution >= 4 is 23.8 Å². The number of rotatable bonds is 6. The van der Waals surface area contributed by atoms with E-state index in [1.165, 1.54) is 11.8 Å². The van der Waals surface area contributed by atoms with E-state index < -0.39 is 18.2 Å². The molecule has 0 bridgehead atoms. The zero-order valence-electron chi connectivity index (χ0n) is 15.0. The Kier molecular flexibility index (Phi) is 6.91. The van der Waals surface area contributed by atoms with Crippen molar-refractivity contribution in [2.45, 2.75) is 38.5 Å². The van der Waals surface area contributed by atoms with Gasteiger partial charge in [-0.3, -0.25) is 14.4 Å². The largest absolute Gasteiger partial charge is 0.391 e. The normalized spacial score (nSPS) is 20.8. The fourth-order valence-corrected chi connectivity index (χ4v) is 2.96. The predicted octanol–water partition coefficient (Wildman–Crippen LogP) is 0.302. The minimum absolute atomic E-state index is 0.0840. The Balaban J connectivity index is 1.92. The van der Waals surface area contributed by atoms with E-state index in [0.717, 1.165) is 5.56 Å². The van der Waals surface area contributed by atoms with Gasteiger partial charge >= 0.3 is 0 Å². The Morgan fingerprint density at radius 2 is 2.00 bits per heavy atom. The van der Waals surface area contributed by atoms with E-state index in [2.05, 4.69) is 10.6 Å². The van der Waals surface area contributed by atoms with Gasteiger partial charge in [-0.05, 0) is 12.5 Å². The number of nitrogens with one attached hydrogen (secondary N) is 2. The van der Waals surface area contributed by atoms with Crippen LogP contribution in [-0.4, -0.2) is 59.0 Å². The lowest BCUT2D eigenvalue weighted by molar-refractivity contribution is -0.140. The molecule has 0 saturated carbocycles. The van der Waals surface area contributed by atoms with Gasteiger partial charge in [0.25, 0.3) is 0 Å². The Hall–Kier alpha value is -2.67. The van der Waals surface area contributed by atoms with E-state index in [1.807, 2.05) is 42.5 Å². The number of amides is 3. The van der Waals surface area contributed by atoms with Crippen LogP contribution in [-0.2, 0) is 14.4 Å². The number of nitrogens with zero attached hydrogens (tertiary/aromatic N) is 1. The van der Waals surface area contributed by atoms with Crippen molar-refractivity contribution in [2.24, 2.45) is 0 Å². The highest BCUT2D eigenvalue weighted by atomic mass is 16.3. The number of benzene rings is 1. The summed E-state index contributed by atoms with van der Waals surface area (Å²) >= 11 is 0. The van der Waals surface area contributed by atoms with Gasteiger partial charge in [-0.15, -0.1) is 0 Å². The third kappa shape index (κ3) is 5.42.